The van der Waals surface area contributed by atoms with E-state index >= 15 is 0 Å². The van der Waals surface area contributed by atoms with Gasteiger partial charge in [0.25, 0.3) is 0 Å². The Morgan fingerprint density at radius 1 is 1.07 bits per heavy atom. The zero-order chi connectivity index (χ0) is 9.80. The summed E-state index contributed by atoms with van der Waals surface area (Å²) in [5.74, 6) is -0.0481. The normalized spacial score (nSPS) is 9.71. The molecule has 0 unspecified atom stereocenters. The Hall–Kier alpha value is -2.03. The highest BCUT2D eigenvalue weighted by atomic mass is 16.2. The van der Waals surface area contributed by atoms with Gasteiger partial charge in [0.05, 0.1) is 18.0 Å². The van der Waals surface area contributed by atoms with E-state index in [1.165, 1.54) is 4.57 Å². The fourth-order valence-corrected chi connectivity index (χ4v) is 1.19. The number of aromatic nitrogens is 2. The molecule has 2 rings (SSSR count). The molecule has 0 N–H and O–H groups in total. The van der Waals surface area contributed by atoms with Gasteiger partial charge in [-0.05, 0) is 12.1 Å². The van der Waals surface area contributed by atoms with Crippen LogP contribution >= 0.6 is 0 Å². The molecular formula is C11H9N2O+. The molecule has 0 bridgehead atoms. The minimum atomic E-state index is -0.0481. The Bertz CT molecular complexity index is 384. The second kappa shape index (κ2) is 3.79. The maximum atomic E-state index is 11.8. The molecule has 3 heteroatoms. The molecule has 0 aliphatic rings. The van der Waals surface area contributed by atoms with Crippen LogP contribution in [0.4, 0.5) is 0 Å². The molecule has 0 saturated carbocycles. The van der Waals surface area contributed by atoms with Gasteiger partial charge >= 0.3 is 5.91 Å². The lowest BCUT2D eigenvalue weighted by Crippen LogP contribution is -2.42. The van der Waals surface area contributed by atoms with Gasteiger partial charge in [0, 0.05) is 0 Å². The van der Waals surface area contributed by atoms with Gasteiger partial charge in [0.2, 0.25) is 0 Å². The maximum Gasteiger partial charge on any atom is 0.424 e. The Kier molecular flexibility index (Phi) is 2.32. The average Bonchev–Trinajstić information content (AvgIpc) is 2.30. The van der Waals surface area contributed by atoms with Crippen molar-refractivity contribution in [2.75, 3.05) is 0 Å². The van der Waals surface area contributed by atoms with Crippen molar-refractivity contribution >= 4 is 5.91 Å². The molecule has 3 nitrogen and oxygen atoms in total. The summed E-state index contributed by atoms with van der Waals surface area (Å²) in [6.07, 6.45) is 6.44. The molecule has 0 fully saturated rings. The second-order valence-corrected chi connectivity index (χ2v) is 2.82. The summed E-state index contributed by atoms with van der Waals surface area (Å²) in [4.78, 5) is 15.6. The second-order valence-electron chi connectivity index (χ2n) is 2.82. The number of benzene rings is 1. The van der Waals surface area contributed by atoms with Crippen LogP contribution in [0.2, 0.25) is 0 Å². The first-order chi connectivity index (χ1) is 6.88. The minimum Gasteiger partial charge on any atom is -0.252 e. The van der Waals surface area contributed by atoms with Crippen LogP contribution in [0.5, 0.6) is 0 Å². The summed E-state index contributed by atoms with van der Waals surface area (Å²) in [7, 11) is 0. The molecule has 1 aromatic heterocycles. The summed E-state index contributed by atoms with van der Waals surface area (Å²) in [5.41, 5.74) is 0.670. The lowest BCUT2D eigenvalue weighted by atomic mass is 10.2. The highest BCUT2D eigenvalue weighted by molar-refractivity contribution is 5.86. The summed E-state index contributed by atoms with van der Waals surface area (Å²) < 4.78 is 1.50. The zero-order valence-corrected chi connectivity index (χ0v) is 7.50. The molecule has 68 valence electrons. The summed E-state index contributed by atoms with van der Waals surface area (Å²) >= 11 is 0. The van der Waals surface area contributed by atoms with Crippen LogP contribution in [-0.2, 0) is 0 Å². The van der Waals surface area contributed by atoms with Crippen LogP contribution in [0.1, 0.15) is 10.4 Å². The maximum absolute atomic E-state index is 11.8. The first kappa shape index (κ1) is 8.56. The molecule has 0 saturated heterocycles. The van der Waals surface area contributed by atoms with Gasteiger partial charge in [0.1, 0.15) is 0 Å². The van der Waals surface area contributed by atoms with Gasteiger partial charge < -0.3 is 0 Å². The highest BCUT2D eigenvalue weighted by Crippen LogP contribution is 1.96. The van der Waals surface area contributed by atoms with E-state index < -0.39 is 0 Å². The van der Waals surface area contributed by atoms with Crippen LogP contribution in [0.3, 0.4) is 0 Å². The van der Waals surface area contributed by atoms with Crippen molar-refractivity contribution < 1.29 is 9.36 Å². The molecule has 0 spiro atoms. The molecule has 1 heterocycles. The van der Waals surface area contributed by atoms with Crippen molar-refractivity contribution in [3.05, 3.63) is 60.7 Å². The van der Waals surface area contributed by atoms with Crippen LogP contribution in [0.25, 0.3) is 0 Å². The van der Waals surface area contributed by atoms with Gasteiger partial charge in [-0.15, -0.1) is 4.57 Å². The van der Waals surface area contributed by atoms with E-state index in [0.29, 0.717) is 5.56 Å². The van der Waals surface area contributed by atoms with Gasteiger partial charge in [-0.3, -0.25) is 4.98 Å². The third kappa shape index (κ3) is 1.66. The number of nitrogens with zero attached hydrogens (tertiary/aromatic N) is 2. The third-order valence-corrected chi connectivity index (χ3v) is 1.88. The van der Waals surface area contributed by atoms with E-state index in [4.69, 9.17) is 0 Å². The molecule has 0 aliphatic heterocycles. The molecule has 1 aromatic carbocycles. The van der Waals surface area contributed by atoms with Gasteiger partial charge in [-0.25, -0.2) is 4.79 Å². The minimum absolute atomic E-state index is 0.0481. The molecule has 14 heavy (non-hydrogen) atoms. The first-order valence-electron chi connectivity index (χ1n) is 4.29. The molecule has 0 amide bonds. The van der Waals surface area contributed by atoms with Crippen molar-refractivity contribution in [3.63, 3.8) is 0 Å². The molecule has 0 aliphatic carbocycles. The van der Waals surface area contributed by atoms with Crippen molar-refractivity contribution in [2.45, 2.75) is 0 Å². The average molecular weight is 185 g/mol. The van der Waals surface area contributed by atoms with Gasteiger partial charge in [0.15, 0.2) is 12.4 Å². The molecule has 0 radical (unpaired) electrons. The summed E-state index contributed by atoms with van der Waals surface area (Å²) in [5, 5.41) is 0. The van der Waals surface area contributed by atoms with Crippen molar-refractivity contribution in [1.82, 2.24) is 4.98 Å². The topological polar surface area (TPSA) is 33.8 Å². The lowest BCUT2D eigenvalue weighted by Gasteiger charge is -1.92. The predicted molar refractivity (Wildman–Crippen MR) is 50.6 cm³/mol. The molecule has 0 atom stereocenters. The molecular weight excluding hydrogens is 176 g/mol. The van der Waals surface area contributed by atoms with Crippen LogP contribution in [0.15, 0.2) is 55.1 Å². The fraction of sp³-hybridized carbons (Fsp3) is 0. The van der Waals surface area contributed by atoms with Gasteiger partial charge in [-0.2, -0.15) is 0 Å². The summed E-state index contributed by atoms with van der Waals surface area (Å²) in [6.45, 7) is 0. The standard InChI is InChI=1S/C11H9N2O/c14-11(10-4-2-1-3-5-10)13-8-6-12-7-9-13/h1-9H/q+1. The van der Waals surface area contributed by atoms with Gasteiger partial charge in [-0.1, -0.05) is 18.2 Å². The van der Waals surface area contributed by atoms with Crippen molar-refractivity contribution in [3.8, 4) is 0 Å². The van der Waals surface area contributed by atoms with E-state index in [9.17, 15) is 4.79 Å². The Balaban J connectivity index is 2.35. The van der Waals surface area contributed by atoms with E-state index in [2.05, 4.69) is 4.98 Å². The number of carbonyl (C=O) groups is 1. The largest absolute Gasteiger partial charge is 0.424 e. The van der Waals surface area contributed by atoms with E-state index in [1.54, 1.807) is 36.9 Å². The predicted octanol–water partition coefficient (Wildman–Crippen LogP) is 1.06. The number of carbonyl (C=O) groups excluding carboxylic acids is 1. The fourth-order valence-electron chi connectivity index (χ4n) is 1.19. The number of hydrogen-bond donors (Lipinski definition) is 0. The van der Waals surface area contributed by atoms with Crippen LogP contribution < -0.4 is 4.57 Å². The highest BCUT2D eigenvalue weighted by Gasteiger charge is 2.14. The Labute approximate surface area is 81.7 Å². The Morgan fingerprint density at radius 3 is 2.36 bits per heavy atom. The van der Waals surface area contributed by atoms with Crippen molar-refractivity contribution in [1.29, 1.82) is 0 Å². The Morgan fingerprint density at radius 2 is 1.71 bits per heavy atom. The van der Waals surface area contributed by atoms with Crippen LogP contribution in [-0.4, -0.2) is 10.9 Å². The third-order valence-electron chi connectivity index (χ3n) is 1.88. The van der Waals surface area contributed by atoms with Crippen LogP contribution in [0, 0.1) is 0 Å². The van der Waals surface area contributed by atoms with E-state index in [-0.39, 0.29) is 5.91 Å². The lowest BCUT2D eigenvalue weighted by molar-refractivity contribution is -0.571. The first-order valence-corrected chi connectivity index (χ1v) is 4.29. The van der Waals surface area contributed by atoms with E-state index in [1.807, 2.05) is 18.2 Å². The smallest absolute Gasteiger partial charge is 0.252 e. The van der Waals surface area contributed by atoms with E-state index in [0.717, 1.165) is 0 Å². The number of hydrogen-bond acceptors (Lipinski definition) is 2. The molecule has 2 aromatic rings. The quantitative estimate of drug-likeness (QED) is 0.622. The zero-order valence-electron chi connectivity index (χ0n) is 7.50. The monoisotopic (exact) mass is 185 g/mol. The van der Waals surface area contributed by atoms with Crippen molar-refractivity contribution in [2.24, 2.45) is 0 Å². The SMILES string of the molecule is O=C(c1ccccc1)[n+]1ccncc1. The summed E-state index contributed by atoms with van der Waals surface area (Å²) in [6, 6.07) is 9.14. The number of rotatable bonds is 1.